The number of nitrogens with one attached hydrogen (secondary N) is 1. The normalized spacial score (nSPS) is 11.3. The minimum atomic E-state index is -2.70. The van der Waals surface area contributed by atoms with Gasteiger partial charge in [-0.15, -0.1) is 0 Å². The molecule has 0 aliphatic carbocycles. The van der Waals surface area contributed by atoms with Crippen LogP contribution in [0.1, 0.15) is 22.9 Å². The van der Waals surface area contributed by atoms with E-state index in [2.05, 4.69) is 15.2 Å². The number of aromatic nitrogens is 4. The number of halogens is 2. The second-order valence-electron chi connectivity index (χ2n) is 6.42. The Hall–Kier alpha value is -3.55. The molecule has 0 bridgehead atoms. The Morgan fingerprint density at radius 2 is 1.96 bits per heavy atom. The van der Waals surface area contributed by atoms with E-state index in [9.17, 15) is 13.6 Å². The van der Waals surface area contributed by atoms with Crippen LogP contribution in [0.15, 0.2) is 60.9 Å². The van der Waals surface area contributed by atoms with Crippen molar-refractivity contribution in [1.29, 1.82) is 0 Å². The van der Waals surface area contributed by atoms with Gasteiger partial charge in [0.25, 0.3) is 5.91 Å². The summed E-state index contributed by atoms with van der Waals surface area (Å²) in [5, 5.41) is 9.15. The number of amides is 1. The third-order valence-electron chi connectivity index (χ3n) is 4.54. The van der Waals surface area contributed by atoms with E-state index in [1.807, 2.05) is 42.5 Å². The highest BCUT2D eigenvalue weighted by atomic mass is 19.3. The van der Waals surface area contributed by atoms with Gasteiger partial charge in [0.15, 0.2) is 0 Å². The predicted octanol–water partition coefficient (Wildman–Crippen LogP) is 4.09. The molecule has 0 atom stereocenters. The number of aromatic amines is 1. The molecule has 8 heteroatoms. The van der Waals surface area contributed by atoms with Crippen molar-refractivity contribution < 1.29 is 13.6 Å². The summed E-state index contributed by atoms with van der Waals surface area (Å²) in [5.41, 5.74) is 1.79. The quantitative estimate of drug-likeness (QED) is 0.566. The van der Waals surface area contributed by atoms with Crippen molar-refractivity contribution in [2.75, 3.05) is 7.05 Å². The van der Waals surface area contributed by atoms with Gasteiger partial charge in [0, 0.05) is 25.0 Å². The molecule has 4 aromatic rings. The Bertz CT molecular complexity index is 1130. The fraction of sp³-hybridized carbons (Fsp3) is 0.150. The Morgan fingerprint density at radius 1 is 1.18 bits per heavy atom. The lowest BCUT2D eigenvalue weighted by molar-refractivity contribution is 0.0611. The van der Waals surface area contributed by atoms with E-state index in [1.165, 1.54) is 24.3 Å². The van der Waals surface area contributed by atoms with Gasteiger partial charge < -0.3 is 4.90 Å². The van der Waals surface area contributed by atoms with Crippen LogP contribution in [0.5, 0.6) is 0 Å². The van der Waals surface area contributed by atoms with Crippen LogP contribution in [0.4, 0.5) is 8.78 Å². The molecule has 0 fully saturated rings. The Morgan fingerprint density at radius 3 is 2.75 bits per heavy atom. The summed E-state index contributed by atoms with van der Waals surface area (Å²) in [7, 11) is 1.53. The SMILES string of the molecule is CN(Cc1nccn1C(F)F)C(=O)c1cc(-c2ccc3ccccc3c2)n[nH]1. The van der Waals surface area contributed by atoms with Gasteiger partial charge >= 0.3 is 6.55 Å². The van der Waals surface area contributed by atoms with Gasteiger partial charge in [-0.3, -0.25) is 14.5 Å². The van der Waals surface area contributed by atoms with Crippen molar-refractivity contribution in [2.24, 2.45) is 0 Å². The summed E-state index contributed by atoms with van der Waals surface area (Å²) < 4.78 is 26.6. The molecule has 6 nitrogen and oxygen atoms in total. The summed E-state index contributed by atoms with van der Waals surface area (Å²) in [6, 6.07) is 15.6. The van der Waals surface area contributed by atoms with E-state index in [0.717, 1.165) is 20.9 Å². The maximum absolute atomic E-state index is 12.9. The third kappa shape index (κ3) is 3.36. The van der Waals surface area contributed by atoms with Crippen LogP contribution in [-0.2, 0) is 6.54 Å². The monoisotopic (exact) mass is 381 g/mol. The maximum Gasteiger partial charge on any atom is 0.319 e. The van der Waals surface area contributed by atoms with Gasteiger partial charge in [0.2, 0.25) is 0 Å². The van der Waals surface area contributed by atoms with Gasteiger partial charge in [-0.2, -0.15) is 13.9 Å². The Labute approximate surface area is 159 Å². The topological polar surface area (TPSA) is 66.8 Å². The predicted molar refractivity (Wildman–Crippen MR) is 101 cm³/mol. The van der Waals surface area contributed by atoms with Crippen LogP contribution < -0.4 is 0 Å². The Balaban J connectivity index is 1.54. The standard InChI is InChI=1S/C20H17F2N5O/c1-26(12-18-23-8-9-27(18)20(21)22)19(28)17-11-16(24-25-17)15-7-6-13-4-2-3-5-14(13)10-15/h2-11,20H,12H2,1H3,(H,24,25). The first-order valence-corrected chi connectivity index (χ1v) is 8.63. The molecule has 0 saturated carbocycles. The van der Waals surface area contributed by atoms with E-state index >= 15 is 0 Å². The van der Waals surface area contributed by atoms with Crippen molar-refractivity contribution in [2.45, 2.75) is 13.1 Å². The molecule has 28 heavy (non-hydrogen) atoms. The fourth-order valence-electron chi connectivity index (χ4n) is 3.06. The number of rotatable bonds is 5. The minimum Gasteiger partial charge on any atom is -0.333 e. The summed E-state index contributed by atoms with van der Waals surface area (Å²) >= 11 is 0. The van der Waals surface area contributed by atoms with Crippen LogP contribution >= 0.6 is 0 Å². The van der Waals surface area contributed by atoms with Crippen molar-refractivity contribution >= 4 is 16.7 Å². The second-order valence-corrected chi connectivity index (χ2v) is 6.42. The van der Waals surface area contributed by atoms with Gasteiger partial charge in [-0.05, 0) is 22.9 Å². The van der Waals surface area contributed by atoms with E-state index < -0.39 is 6.55 Å². The number of hydrogen-bond donors (Lipinski definition) is 1. The summed E-state index contributed by atoms with van der Waals surface area (Å²) in [6.45, 7) is -2.74. The van der Waals surface area contributed by atoms with E-state index in [0.29, 0.717) is 5.69 Å². The smallest absolute Gasteiger partial charge is 0.319 e. The van der Waals surface area contributed by atoms with Crippen LogP contribution in [-0.4, -0.2) is 37.6 Å². The van der Waals surface area contributed by atoms with Crippen LogP contribution in [0, 0.1) is 0 Å². The van der Waals surface area contributed by atoms with E-state index in [4.69, 9.17) is 0 Å². The summed E-state index contributed by atoms with van der Waals surface area (Å²) in [6.07, 6.45) is 2.47. The number of benzene rings is 2. The van der Waals surface area contributed by atoms with Crippen LogP contribution in [0.3, 0.4) is 0 Å². The number of carbonyl (C=O) groups excluding carboxylic acids is 1. The second kappa shape index (κ2) is 7.22. The first kappa shape index (κ1) is 17.8. The molecule has 1 amide bonds. The molecule has 2 aromatic heterocycles. The van der Waals surface area contributed by atoms with Gasteiger partial charge in [0.1, 0.15) is 11.5 Å². The van der Waals surface area contributed by atoms with Crippen molar-refractivity contribution in [1.82, 2.24) is 24.6 Å². The zero-order valence-electron chi connectivity index (χ0n) is 15.0. The average Bonchev–Trinajstić information content (AvgIpc) is 3.36. The molecule has 0 aliphatic heterocycles. The lowest BCUT2D eigenvalue weighted by Gasteiger charge is -2.16. The number of carbonyl (C=O) groups is 1. The van der Waals surface area contributed by atoms with Crippen LogP contribution in [0.25, 0.3) is 22.0 Å². The molecule has 0 unspecified atom stereocenters. The number of imidazole rings is 1. The summed E-state index contributed by atoms with van der Waals surface area (Å²) in [4.78, 5) is 17.9. The number of hydrogen-bond acceptors (Lipinski definition) is 3. The highest BCUT2D eigenvalue weighted by Gasteiger charge is 2.19. The lowest BCUT2D eigenvalue weighted by Crippen LogP contribution is -2.28. The number of nitrogens with zero attached hydrogens (tertiary/aromatic N) is 4. The molecule has 0 spiro atoms. The zero-order chi connectivity index (χ0) is 19.7. The molecule has 0 saturated heterocycles. The summed E-state index contributed by atoms with van der Waals surface area (Å²) in [5.74, 6) is -0.247. The average molecular weight is 381 g/mol. The molecular weight excluding hydrogens is 364 g/mol. The highest BCUT2D eigenvalue weighted by molar-refractivity contribution is 5.93. The zero-order valence-corrected chi connectivity index (χ0v) is 15.0. The first-order chi connectivity index (χ1) is 13.5. The Kier molecular flexibility index (Phi) is 4.60. The minimum absolute atomic E-state index is 0.0412. The maximum atomic E-state index is 12.9. The number of alkyl halides is 2. The molecule has 1 N–H and O–H groups in total. The van der Waals surface area contributed by atoms with Gasteiger partial charge in [-0.25, -0.2) is 4.98 Å². The molecule has 2 heterocycles. The molecule has 0 radical (unpaired) electrons. The largest absolute Gasteiger partial charge is 0.333 e. The number of H-pyrrole nitrogens is 1. The van der Waals surface area contributed by atoms with Crippen LogP contribution in [0.2, 0.25) is 0 Å². The molecule has 0 aliphatic rings. The van der Waals surface area contributed by atoms with E-state index in [1.54, 1.807) is 6.07 Å². The number of fused-ring (bicyclic) bond motifs is 1. The van der Waals surface area contributed by atoms with Crippen molar-refractivity contribution in [3.05, 3.63) is 72.4 Å². The van der Waals surface area contributed by atoms with Gasteiger partial charge in [0.05, 0.1) is 12.2 Å². The van der Waals surface area contributed by atoms with Crippen molar-refractivity contribution in [3.63, 3.8) is 0 Å². The molecule has 4 rings (SSSR count). The fourth-order valence-corrected chi connectivity index (χ4v) is 3.06. The molecular formula is C20H17F2N5O. The van der Waals surface area contributed by atoms with Crippen molar-refractivity contribution in [3.8, 4) is 11.3 Å². The lowest BCUT2D eigenvalue weighted by atomic mass is 10.1. The third-order valence-corrected chi connectivity index (χ3v) is 4.54. The van der Waals surface area contributed by atoms with Gasteiger partial charge in [-0.1, -0.05) is 36.4 Å². The highest BCUT2D eigenvalue weighted by Crippen LogP contribution is 2.24. The molecule has 142 valence electrons. The van der Waals surface area contributed by atoms with E-state index in [-0.39, 0.29) is 24.0 Å². The molecule has 2 aromatic carbocycles. The first-order valence-electron chi connectivity index (χ1n) is 8.63.